The van der Waals surface area contributed by atoms with Crippen molar-refractivity contribution in [3.8, 4) is 0 Å². The zero-order valence-corrected chi connectivity index (χ0v) is 11.6. The van der Waals surface area contributed by atoms with E-state index in [-0.39, 0.29) is 0 Å². The van der Waals surface area contributed by atoms with Crippen molar-refractivity contribution in [1.29, 1.82) is 0 Å². The third-order valence-corrected chi connectivity index (χ3v) is 3.29. The van der Waals surface area contributed by atoms with Gasteiger partial charge in [-0.25, -0.2) is 4.98 Å². The molecule has 0 aliphatic rings. The molecule has 0 spiro atoms. The largest absolute Gasteiger partial charge is 0.364 e. The number of rotatable bonds is 4. The average Bonchev–Trinajstić information content (AvgIpc) is 3.04. The van der Waals surface area contributed by atoms with Crippen LogP contribution in [0.4, 0.5) is 0 Å². The third-order valence-electron chi connectivity index (χ3n) is 3.10. The van der Waals surface area contributed by atoms with Crippen molar-refractivity contribution in [1.82, 2.24) is 24.5 Å². The van der Waals surface area contributed by atoms with Crippen LogP contribution in [0.2, 0.25) is 0 Å². The van der Waals surface area contributed by atoms with Gasteiger partial charge in [0.05, 0.1) is 12.2 Å². The first kappa shape index (κ1) is 12.2. The second kappa shape index (κ2) is 4.70. The Balaban J connectivity index is 2.15. The topological polar surface area (TPSA) is 61.7 Å². The van der Waals surface area contributed by atoms with Crippen molar-refractivity contribution in [2.45, 2.75) is 19.9 Å². The van der Waals surface area contributed by atoms with E-state index in [2.05, 4.69) is 19.8 Å². The van der Waals surface area contributed by atoms with Crippen LogP contribution in [-0.4, -0.2) is 30.4 Å². The molecule has 19 heavy (non-hydrogen) atoms. The van der Waals surface area contributed by atoms with Gasteiger partial charge in [0.1, 0.15) is 23.3 Å². The SMILES string of the molecule is Cc1nn(C)c2c1nc(CCCl)n2Cc1ccon1. The molecule has 0 saturated heterocycles. The standard InChI is InChI=1S/C12H14ClN5O/c1-8-11-12(17(2)15-8)18(10(14-11)3-5-13)7-9-4-6-19-16-9/h4,6H,3,5,7H2,1-2H3. The van der Waals surface area contributed by atoms with E-state index in [0.717, 1.165) is 28.4 Å². The van der Waals surface area contributed by atoms with Crippen LogP contribution in [0, 0.1) is 6.92 Å². The molecule has 0 N–H and O–H groups in total. The summed E-state index contributed by atoms with van der Waals surface area (Å²) in [5, 5.41) is 8.35. The highest BCUT2D eigenvalue weighted by molar-refractivity contribution is 6.17. The van der Waals surface area contributed by atoms with Gasteiger partial charge in [-0.2, -0.15) is 5.10 Å². The maximum atomic E-state index is 5.85. The Kier molecular flexibility index (Phi) is 3.02. The lowest BCUT2D eigenvalue weighted by Crippen LogP contribution is -2.09. The van der Waals surface area contributed by atoms with Crippen molar-refractivity contribution in [2.24, 2.45) is 7.05 Å². The fraction of sp³-hybridized carbons (Fsp3) is 0.417. The van der Waals surface area contributed by atoms with E-state index < -0.39 is 0 Å². The number of aryl methyl sites for hydroxylation is 3. The summed E-state index contributed by atoms with van der Waals surface area (Å²) >= 11 is 5.85. The molecular formula is C12H14ClN5O. The molecule has 0 unspecified atom stereocenters. The summed E-state index contributed by atoms with van der Waals surface area (Å²) in [5.74, 6) is 1.48. The van der Waals surface area contributed by atoms with Crippen LogP contribution >= 0.6 is 11.6 Å². The van der Waals surface area contributed by atoms with E-state index in [9.17, 15) is 0 Å². The lowest BCUT2D eigenvalue weighted by Gasteiger charge is -2.06. The lowest BCUT2D eigenvalue weighted by molar-refractivity contribution is 0.409. The molecular weight excluding hydrogens is 266 g/mol. The predicted molar refractivity (Wildman–Crippen MR) is 71.3 cm³/mol. The van der Waals surface area contributed by atoms with Gasteiger partial charge in [0.2, 0.25) is 0 Å². The Bertz CT molecular complexity index is 697. The summed E-state index contributed by atoms with van der Waals surface area (Å²) in [6.45, 7) is 2.57. The molecule has 0 bridgehead atoms. The van der Waals surface area contributed by atoms with E-state index in [1.54, 1.807) is 6.26 Å². The molecule has 0 fully saturated rings. The summed E-state index contributed by atoms with van der Waals surface area (Å²) in [6, 6.07) is 1.85. The van der Waals surface area contributed by atoms with Gasteiger partial charge in [0.15, 0.2) is 5.65 Å². The van der Waals surface area contributed by atoms with Crippen molar-refractivity contribution in [3.05, 3.63) is 29.5 Å². The van der Waals surface area contributed by atoms with Gasteiger partial charge >= 0.3 is 0 Å². The zero-order valence-electron chi connectivity index (χ0n) is 10.8. The van der Waals surface area contributed by atoms with Crippen LogP contribution in [0.3, 0.4) is 0 Å². The normalized spacial score (nSPS) is 11.5. The van der Waals surface area contributed by atoms with E-state index in [1.807, 2.05) is 24.7 Å². The number of imidazole rings is 1. The number of fused-ring (bicyclic) bond motifs is 1. The number of aromatic nitrogens is 5. The number of nitrogens with zero attached hydrogens (tertiary/aromatic N) is 5. The van der Waals surface area contributed by atoms with Gasteiger partial charge in [-0.15, -0.1) is 11.6 Å². The summed E-state index contributed by atoms with van der Waals surface area (Å²) in [7, 11) is 1.92. The van der Waals surface area contributed by atoms with Gasteiger partial charge in [-0.1, -0.05) is 5.16 Å². The van der Waals surface area contributed by atoms with E-state index in [0.29, 0.717) is 18.8 Å². The minimum absolute atomic E-state index is 0.536. The Morgan fingerprint density at radius 1 is 1.42 bits per heavy atom. The molecule has 0 radical (unpaired) electrons. The molecule has 7 heteroatoms. The van der Waals surface area contributed by atoms with Gasteiger partial charge in [0, 0.05) is 25.4 Å². The zero-order chi connectivity index (χ0) is 13.4. The highest BCUT2D eigenvalue weighted by Gasteiger charge is 2.17. The summed E-state index contributed by atoms with van der Waals surface area (Å²) in [5.41, 5.74) is 3.69. The van der Waals surface area contributed by atoms with Crippen LogP contribution in [0.15, 0.2) is 16.9 Å². The third kappa shape index (κ3) is 2.02. The quantitative estimate of drug-likeness (QED) is 0.684. The first-order chi connectivity index (χ1) is 9.20. The highest BCUT2D eigenvalue weighted by atomic mass is 35.5. The van der Waals surface area contributed by atoms with Crippen LogP contribution in [-0.2, 0) is 20.0 Å². The van der Waals surface area contributed by atoms with Crippen molar-refractivity contribution in [3.63, 3.8) is 0 Å². The first-order valence-corrected chi connectivity index (χ1v) is 6.58. The van der Waals surface area contributed by atoms with Crippen LogP contribution < -0.4 is 0 Å². The van der Waals surface area contributed by atoms with Crippen molar-refractivity contribution < 1.29 is 4.52 Å². The molecule has 3 aromatic heterocycles. The van der Waals surface area contributed by atoms with E-state index in [4.69, 9.17) is 16.1 Å². The van der Waals surface area contributed by atoms with E-state index in [1.165, 1.54) is 0 Å². The second-order valence-corrected chi connectivity index (χ2v) is 4.80. The molecule has 0 aliphatic heterocycles. The molecule has 3 heterocycles. The summed E-state index contributed by atoms with van der Waals surface area (Å²) in [6.07, 6.45) is 2.28. The monoisotopic (exact) mass is 279 g/mol. The Morgan fingerprint density at radius 2 is 2.26 bits per heavy atom. The number of hydrogen-bond acceptors (Lipinski definition) is 4. The molecule has 0 amide bonds. The smallest absolute Gasteiger partial charge is 0.159 e. The fourth-order valence-electron chi connectivity index (χ4n) is 2.30. The molecule has 100 valence electrons. The molecule has 3 rings (SSSR count). The van der Waals surface area contributed by atoms with Gasteiger partial charge in [-0.3, -0.25) is 4.68 Å². The Hall–Kier alpha value is -1.82. The number of alkyl halides is 1. The van der Waals surface area contributed by atoms with Crippen molar-refractivity contribution >= 4 is 22.8 Å². The molecule has 0 atom stereocenters. The molecule has 0 aromatic carbocycles. The van der Waals surface area contributed by atoms with Crippen LogP contribution in [0.1, 0.15) is 17.2 Å². The molecule has 0 saturated carbocycles. The number of halogens is 1. The highest BCUT2D eigenvalue weighted by Crippen LogP contribution is 2.20. The molecule has 3 aromatic rings. The predicted octanol–water partition coefficient (Wildman–Crippen LogP) is 1.90. The van der Waals surface area contributed by atoms with Crippen LogP contribution in [0.5, 0.6) is 0 Å². The van der Waals surface area contributed by atoms with Crippen LogP contribution in [0.25, 0.3) is 11.2 Å². The lowest BCUT2D eigenvalue weighted by atomic mass is 10.4. The van der Waals surface area contributed by atoms with Gasteiger partial charge in [-0.05, 0) is 6.92 Å². The molecule has 6 nitrogen and oxygen atoms in total. The maximum absolute atomic E-state index is 5.85. The van der Waals surface area contributed by atoms with Gasteiger partial charge in [0.25, 0.3) is 0 Å². The first-order valence-electron chi connectivity index (χ1n) is 6.04. The average molecular weight is 280 g/mol. The fourth-order valence-corrected chi connectivity index (χ4v) is 2.47. The maximum Gasteiger partial charge on any atom is 0.159 e. The minimum Gasteiger partial charge on any atom is -0.364 e. The number of hydrogen-bond donors (Lipinski definition) is 0. The second-order valence-electron chi connectivity index (χ2n) is 4.43. The van der Waals surface area contributed by atoms with Crippen molar-refractivity contribution in [2.75, 3.05) is 5.88 Å². The summed E-state index contributed by atoms with van der Waals surface area (Å²) < 4.78 is 8.81. The van der Waals surface area contributed by atoms with E-state index >= 15 is 0 Å². The van der Waals surface area contributed by atoms with Gasteiger partial charge < -0.3 is 9.09 Å². The Morgan fingerprint density at radius 3 is 2.95 bits per heavy atom. The summed E-state index contributed by atoms with van der Waals surface area (Å²) in [4.78, 5) is 4.64. The molecule has 0 aliphatic carbocycles. The minimum atomic E-state index is 0.536. The Labute approximate surface area is 115 Å².